The first kappa shape index (κ1) is 16.8. The molecular weight excluding hydrogens is 280 g/mol. The van der Waals surface area contributed by atoms with Gasteiger partial charge in [0.1, 0.15) is 11.9 Å². The topological polar surface area (TPSA) is 73.6 Å². The van der Waals surface area contributed by atoms with Crippen molar-refractivity contribution >= 4 is 5.91 Å². The van der Waals surface area contributed by atoms with Gasteiger partial charge in [0.25, 0.3) is 0 Å². The highest BCUT2D eigenvalue weighted by molar-refractivity contribution is 5.81. The molecule has 0 bridgehead atoms. The Morgan fingerprint density at radius 3 is 2.86 bits per heavy atom. The normalized spacial score (nSPS) is 21.1. The van der Waals surface area contributed by atoms with Crippen molar-refractivity contribution in [1.82, 2.24) is 5.32 Å². The molecule has 122 valence electrons. The van der Waals surface area contributed by atoms with Gasteiger partial charge in [-0.05, 0) is 45.2 Å². The minimum Gasteiger partial charge on any atom is -0.491 e. The van der Waals surface area contributed by atoms with Crippen molar-refractivity contribution in [3.05, 3.63) is 29.3 Å². The number of nitrogens with one attached hydrogen (secondary N) is 1. The van der Waals surface area contributed by atoms with Crippen molar-refractivity contribution in [3.8, 4) is 5.75 Å². The van der Waals surface area contributed by atoms with Crippen LogP contribution in [-0.4, -0.2) is 30.8 Å². The molecule has 1 aromatic rings. The Kier molecular flexibility index (Phi) is 5.80. The summed E-state index contributed by atoms with van der Waals surface area (Å²) in [5.74, 6) is 0.745. The van der Waals surface area contributed by atoms with Gasteiger partial charge in [-0.15, -0.1) is 0 Å². The highest BCUT2D eigenvalue weighted by Crippen LogP contribution is 2.22. The zero-order valence-corrected chi connectivity index (χ0v) is 13.6. The quantitative estimate of drug-likeness (QED) is 0.842. The van der Waals surface area contributed by atoms with Crippen LogP contribution < -0.4 is 15.8 Å². The second-order valence-corrected chi connectivity index (χ2v) is 6.06. The molecule has 0 saturated carbocycles. The molecule has 1 saturated heterocycles. The molecule has 2 atom stereocenters. The fraction of sp³-hybridized carbons (Fsp3) is 0.588. The van der Waals surface area contributed by atoms with Crippen LogP contribution in [0.5, 0.6) is 5.75 Å². The number of nitrogens with two attached hydrogens (primary N) is 1. The number of carbonyl (C=O) groups is 1. The minimum absolute atomic E-state index is 0.00922. The highest BCUT2D eigenvalue weighted by Gasteiger charge is 2.29. The number of rotatable bonds is 6. The Hall–Kier alpha value is -1.59. The summed E-state index contributed by atoms with van der Waals surface area (Å²) >= 11 is 0. The van der Waals surface area contributed by atoms with Crippen LogP contribution in [0.2, 0.25) is 0 Å². The second kappa shape index (κ2) is 7.61. The molecule has 0 spiro atoms. The first-order valence-electron chi connectivity index (χ1n) is 7.89. The lowest BCUT2D eigenvalue weighted by molar-refractivity contribution is -0.132. The van der Waals surface area contributed by atoms with Crippen LogP contribution in [0.4, 0.5) is 0 Å². The van der Waals surface area contributed by atoms with Gasteiger partial charge in [-0.2, -0.15) is 0 Å². The summed E-state index contributed by atoms with van der Waals surface area (Å²) in [5, 5.41) is 2.93. The Bertz CT molecular complexity index is 517. The summed E-state index contributed by atoms with van der Waals surface area (Å²) in [6.07, 6.45) is 1.31. The predicted octanol–water partition coefficient (Wildman–Crippen LogP) is 1.90. The number of hydrogen-bond acceptors (Lipinski definition) is 4. The van der Waals surface area contributed by atoms with Crippen molar-refractivity contribution in [2.75, 3.05) is 6.54 Å². The van der Waals surface area contributed by atoms with Gasteiger partial charge < -0.3 is 20.5 Å². The summed E-state index contributed by atoms with van der Waals surface area (Å²) in [6.45, 7) is 6.91. The average Bonchev–Trinajstić information content (AvgIpc) is 2.94. The van der Waals surface area contributed by atoms with Crippen LogP contribution in [0.1, 0.15) is 37.8 Å². The molecule has 0 aliphatic carbocycles. The molecule has 1 amide bonds. The van der Waals surface area contributed by atoms with E-state index in [2.05, 4.69) is 5.32 Å². The largest absolute Gasteiger partial charge is 0.491 e. The number of ether oxygens (including phenoxy) is 2. The molecule has 0 unspecified atom stereocenters. The molecule has 3 N–H and O–H groups in total. The lowest BCUT2D eigenvalue weighted by Crippen LogP contribution is -2.35. The zero-order valence-electron chi connectivity index (χ0n) is 13.6. The lowest BCUT2D eigenvalue weighted by atomic mass is 10.1. The predicted molar refractivity (Wildman–Crippen MR) is 85.7 cm³/mol. The number of hydrogen-bond donors (Lipinski definition) is 2. The maximum atomic E-state index is 12.2. The van der Waals surface area contributed by atoms with Crippen LogP contribution >= 0.6 is 0 Å². The number of aryl methyl sites for hydroxylation is 1. The third-order valence-electron chi connectivity index (χ3n) is 3.70. The molecular formula is C17H26N2O3. The van der Waals surface area contributed by atoms with Crippen LogP contribution in [-0.2, 0) is 16.1 Å². The van der Waals surface area contributed by atoms with E-state index in [1.165, 1.54) is 0 Å². The Balaban J connectivity index is 1.95. The Labute approximate surface area is 132 Å². The van der Waals surface area contributed by atoms with Gasteiger partial charge in [-0.1, -0.05) is 12.1 Å². The molecule has 1 aliphatic heterocycles. The van der Waals surface area contributed by atoms with E-state index in [0.29, 0.717) is 13.1 Å². The molecule has 2 rings (SSSR count). The summed E-state index contributed by atoms with van der Waals surface area (Å²) in [6, 6.07) is 6.01. The molecule has 22 heavy (non-hydrogen) atoms. The van der Waals surface area contributed by atoms with Crippen molar-refractivity contribution in [1.29, 1.82) is 0 Å². The molecule has 5 nitrogen and oxygen atoms in total. The molecule has 5 heteroatoms. The van der Waals surface area contributed by atoms with Crippen LogP contribution in [0.25, 0.3) is 0 Å². The number of carbonyl (C=O) groups excluding carboxylic acids is 1. The average molecular weight is 306 g/mol. The Morgan fingerprint density at radius 1 is 1.45 bits per heavy atom. The van der Waals surface area contributed by atoms with Gasteiger partial charge in [-0.25, -0.2) is 0 Å². The van der Waals surface area contributed by atoms with E-state index in [9.17, 15) is 4.79 Å². The SMILES string of the molecule is Cc1ccc(CNC(=O)[C@@H]2CC[C@H](CN)O2)c(OC(C)C)c1. The van der Waals surface area contributed by atoms with E-state index in [1.807, 2.05) is 39.0 Å². The fourth-order valence-corrected chi connectivity index (χ4v) is 2.54. The molecule has 1 heterocycles. The summed E-state index contributed by atoms with van der Waals surface area (Å²) in [5.41, 5.74) is 7.68. The number of amides is 1. The van der Waals surface area contributed by atoms with Crippen molar-refractivity contribution < 1.29 is 14.3 Å². The first-order valence-corrected chi connectivity index (χ1v) is 7.89. The second-order valence-electron chi connectivity index (χ2n) is 6.06. The maximum absolute atomic E-state index is 12.2. The molecule has 0 aromatic heterocycles. The van der Waals surface area contributed by atoms with Crippen LogP contribution in [0.3, 0.4) is 0 Å². The monoisotopic (exact) mass is 306 g/mol. The van der Waals surface area contributed by atoms with E-state index in [-0.39, 0.29) is 24.2 Å². The molecule has 1 aliphatic rings. The summed E-state index contributed by atoms with van der Waals surface area (Å²) in [4.78, 5) is 12.2. The maximum Gasteiger partial charge on any atom is 0.249 e. The lowest BCUT2D eigenvalue weighted by Gasteiger charge is -2.17. The van der Waals surface area contributed by atoms with Crippen molar-refractivity contribution in [2.45, 2.75) is 58.5 Å². The van der Waals surface area contributed by atoms with E-state index in [4.69, 9.17) is 15.2 Å². The Morgan fingerprint density at radius 2 is 2.23 bits per heavy atom. The zero-order chi connectivity index (χ0) is 16.1. The highest BCUT2D eigenvalue weighted by atomic mass is 16.5. The van der Waals surface area contributed by atoms with Gasteiger partial charge in [0, 0.05) is 18.7 Å². The van der Waals surface area contributed by atoms with Gasteiger partial charge >= 0.3 is 0 Å². The van der Waals surface area contributed by atoms with Crippen LogP contribution in [0.15, 0.2) is 18.2 Å². The van der Waals surface area contributed by atoms with Crippen LogP contribution in [0, 0.1) is 6.92 Å². The molecule has 1 aromatic carbocycles. The van der Waals surface area contributed by atoms with Gasteiger partial charge in [0.05, 0.1) is 12.2 Å². The van der Waals surface area contributed by atoms with Crippen molar-refractivity contribution in [3.63, 3.8) is 0 Å². The third kappa shape index (κ3) is 4.45. The van der Waals surface area contributed by atoms with Gasteiger partial charge in [0.2, 0.25) is 5.91 Å². The van der Waals surface area contributed by atoms with E-state index in [0.717, 1.165) is 29.7 Å². The standard InChI is InChI=1S/C17H26N2O3/c1-11(2)21-16-8-12(3)4-5-13(16)10-19-17(20)15-7-6-14(9-18)22-15/h4-5,8,11,14-15H,6-7,9-10,18H2,1-3H3,(H,19,20)/t14-,15+/m1/s1. The smallest absolute Gasteiger partial charge is 0.249 e. The minimum atomic E-state index is -0.381. The van der Waals surface area contributed by atoms with E-state index < -0.39 is 0 Å². The third-order valence-corrected chi connectivity index (χ3v) is 3.70. The van der Waals surface area contributed by atoms with E-state index >= 15 is 0 Å². The molecule has 1 fully saturated rings. The molecule has 0 radical (unpaired) electrons. The van der Waals surface area contributed by atoms with E-state index in [1.54, 1.807) is 0 Å². The van der Waals surface area contributed by atoms with Crippen molar-refractivity contribution in [2.24, 2.45) is 5.73 Å². The van der Waals surface area contributed by atoms with Gasteiger partial charge in [0.15, 0.2) is 0 Å². The number of benzene rings is 1. The fourth-order valence-electron chi connectivity index (χ4n) is 2.54. The summed E-state index contributed by atoms with van der Waals surface area (Å²) < 4.78 is 11.4. The first-order chi connectivity index (χ1) is 10.5. The summed E-state index contributed by atoms with van der Waals surface area (Å²) in [7, 11) is 0. The van der Waals surface area contributed by atoms with Gasteiger partial charge in [-0.3, -0.25) is 4.79 Å².